The van der Waals surface area contributed by atoms with Crippen LogP contribution in [0.2, 0.25) is 6.04 Å². The highest BCUT2D eigenvalue weighted by Gasteiger charge is 2.39. The fourth-order valence-corrected chi connectivity index (χ4v) is 4.25. The zero-order valence-electron chi connectivity index (χ0n) is 12.2. The zero-order valence-corrected chi connectivity index (χ0v) is 13.2. The van der Waals surface area contributed by atoms with Gasteiger partial charge in [-0.1, -0.05) is 0 Å². The number of nitrogens with two attached hydrogens (primary N) is 1. The molecule has 0 aromatic rings. The number of hydrogen-bond acceptors (Lipinski definition) is 5. The molecule has 0 aliphatic heterocycles. The SMILES string of the molecule is CCO[Si](CCNCCCCN)(OCC)OCC. The van der Waals surface area contributed by atoms with Crippen molar-refractivity contribution in [3.8, 4) is 0 Å². The topological polar surface area (TPSA) is 65.7 Å². The highest BCUT2D eigenvalue weighted by Crippen LogP contribution is 2.15. The highest BCUT2D eigenvalue weighted by atomic mass is 28.4. The first kappa shape index (κ1) is 18.0. The molecular weight excluding hydrogens is 248 g/mol. The summed E-state index contributed by atoms with van der Waals surface area (Å²) >= 11 is 0. The van der Waals surface area contributed by atoms with E-state index in [0.717, 1.165) is 38.5 Å². The molecule has 0 fully saturated rings. The predicted octanol–water partition coefficient (Wildman–Crippen LogP) is 1.36. The second-order valence-corrected chi connectivity index (χ2v) is 6.71. The Hall–Kier alpha value is 0.0169. The lowest BCUT2D eigenvalue weighted by atomic mass is 10.3. The molecule has 0 rings (SSSR count). The van der Waals surface area contributed by atoms with E-state index in [4.69, 9.17) is 19.0 Å². The average molecular weight is 278 g/mol. The molecular formula is C12H30N2O3Si. The van der Waals surface area contributed by atoms with Crippen molar-refractivity contribution in [2.24, 2.45) is 5.73 Å². The lowest BCUT2D eigenvalue weighted by molar-refractivity contribution is 0.0714. The van der Waals surface area contributed by atoms with Gasteiger partial charge in [0.2, 0.25) is 0 Å². The molecule has 0 aliphatic rings. The fraction of sp³-hybridized carbons (Fsp3) is 1.00. The molecule has 0 spiro atoms. The van der Waals surface area contributed by atoms with Gasteiger partial charge >= 0.3 is 8.80 Å². The predicted molar refractivity (Wildman–Crippen MR) is 76.6 cm³/mol. The molecule has 0 radical (unpaired) electrons. The Morgan fingerprint density at radius 3 is 1.89 bits per heavy atom. The Balaban J connectivity index is 3.97. The van der Waals surface area contributed by atoms with E-state index in [-0.39, 0.29) is 0 Å². The molecule has 3 N–H and O–H groups in total. The van der Waals surface area contributed by atoms with Crippen LogP contribution < -0.4 is 11.1 Å². The molecule has 0 aliphatic carbocycles. The molecule has 6 heteroatoms. The van der Waals surface area contributed by atoms with Crippen LogP contribution in [0.5, 0.6) is 0 Å². The van der Waals surface area contributed by atoms with E-state index < -0.39 is 8.80 Å². The molecule has 0 heterocycles. The van der Waals surface area contributed by atoms with Crippen LogP contribution in [0, 0.1) is 0 Å². The van der Waals surface area contributed by atoms with Crippen LogP contribution in [0.1, 0.15) is 33.6 Å². The summed E-state index contributed by atoms with van der Waals surface area (Å²) in [6.45, 7) is 10.5. The van der Waals surface area contributed by atoms with Crippen molar-refractivity contribution in [2.45, 2.75) is 39.7 Å². The Morgan fingerprint density at radius 1 is 0.889 bits per heavy atom. The summed E-state index contributed by atoms with van der Waals surface area (Å²) in [7, 11) is -2.45. The first-order valence-electron chi connectivity index (χ1n) is 7.07. The standard InChI is InChI=1S/C12H30N2O3Si/c1-4-15-18(16-5-2,17-6-3)12-11-14-10-8-7-9-13/h14H,4-13H2,1-3H3. The normalized spacial score (nSPS) is 12.0. The Kier molecular flexibility index (Phi) is 12.1. The van der Waals surface area contributed by atoms with Gasteiger partial charge in [-0.2, -0.15) is 0 Å². The second-order valence-electron chi connectivity index (χ2n) is 3.98. The minimum atomic E-state index is -2.45. The lowest BCUT2D eigenvalue weighted by Gasteiger charge is -2.28. The van der Waals surface area contributed by atoms with Crippen molar-refractivity contribution < 1.29 is 13.3 Å². The van der Waals surface area contributed by atoms with Crippen molar-refractivity contribution in [1.82, 2.24) is 5.32 Å². The molecule has 0 bridgehead atoms. The van der Waals surface area contributed by atoms with Crippen molar-refractivity contribution in [3.63, 3.8) is 0 Å². The van der Waals surface area contributed by atoms with Crippen LogP contribution in [0.15, 0.2) is 0 Å². The van der Waals surface area contributed by atoms with E-state index in [9.17, 15) is 0 Å². The number of hydrogen-bond donors (Lipinski definition) is 2. The van der Waals surface area contributed by atoms with Crippen molar-refractivity contribution in [3.05, 3.63) is 0 Å². The quantitative estimate of drug-likeness (QED) is 0.393. The third kappa shape index (κ3) is 8.18. The van der Waals surface area contributed by atoms with E-state index in [1.54, 1.807) is 0 Å². The average Bonchev–Trinajstić information content (AvgIpc) is 2.35. The van der Waals surface area contributed by atoms with Gasteiger partial charge in [0.15, 0.2) is 0 Å². The summed E-state index contributed by atoms with van der Waals surface area (Å²) in [5.41, 5.74) is 5.45. The molecule has 0 atom stereocenters. The van der Waals surface area contributed by atoms with Crippen LogP contribution in [-0.4, -0.2) is 48.3 Å². The number of nitrogens with one attached hydrogen (secondary N) is 1. The van der Waals surface area contributed by atoms with Crippen LogP contribution in [0.3, 0.4) is 0 Å². The van der Waals surface area contributed by atoms with Crippen molar-refractivity contribution in [1.29, 1.82) is 0 Å². The summed E-state index contributed by atoms with van der Waals surface area (Å²) in [5.74, 6) is 0. The highest BCUT2D eigenvalue weighted by molar-refractivity contribution is 6.60. The van der Waals surface area contributed by atoms with Gasteiger partial charge in [0.05, 0.1) is 0 Å². The maximum absolute atomic E-state index is 5.77. The van der Waals surface area contributed by atoms with E-state index in [1.165, 1.54) is 0 Å². The molecule has 110 valence electrons. The number of unbranched alkanes of at least 4 members (excludes halogenated alkanes) is 1. The third-order valence-corrected chi connectivity index (χ3v) is 5.56. The smallest absolute Gasteiger partial charge is 0.374 e. The Bertz CT molecular complexity index is 168. The molecule has 0 amide bonds. The van der Waals surface area contributed by atoms with Gasteiger partial charge in [0.25, 0.3) is 0 Å². The van der Waals surface area contributed by atoms with Crippen LogP contribution in [0.4, 0.5) is 0 Å². The fourth-order valence-electron chi connectivity index (χ4n) is 1.76. The van der Waals surface area contributed by atoms with Gasteiger partial charge in [0, 0.05) is 25.9 Å². The molecule has 18 heavy (non-hydrogen) atoms. The monoisotopic (exact) mass is 278 g/mol. The minimum absolute atomic E-state index is 0.638. The van der Waals surface area contributed by atoms with Gasteiger partial charge in [-0.25, -0.2) is 0 Å². The van der Waals surface area contributed by atoms with Crippen LogP contribution >= 0.6 is 0 Å². The minimum Gasteiger partial charge on any atom is -0.374 e. The lowest BCUT2D eigenvalue weighted by Crippen LogP contribution is -2.48. The molecule has 0 aromatic heterocycles. The van der Waals surface area contributed by atoms with Crippen molar-refractivity contribution >= 4 is 8.80 Å². The first-order chi connectivity index (χ1) is 8.74. The molecule has 0 aromatic carbocycles. The van der Waals surface area contributed by atoms with Crippen molar-refractivity contribution in [2.75, 3.05) is 39.5 Å². The van der Waals surface area contributed by atoms with E-state index in [2.05, 4.69) is 5.32 Å². The maximum atomic E-state index is 5.77. The Labute approximate surface area is 113 Å². The largest absolute Gasteiger partial charge is 0.502 e. The third-order valence-electron chi connectivity index (χ3n) is 2.51. The van der Waals surface area contributed by atoms with Gasteiger partial charge in [-0.15, -0.1) is 0 Å². The molecule has 5 nitrogen and oxygen atoms in total. The van der Waals surface area contributed by atoms with Crippen LogP contribution in [0.25, 0.3) is 0 Å². The van der Waals surface area contributed by atoms with Gasteiger partial charge in [0.1, 0.15) is 0 Å². The van der Waals surface area contributed by atoms with E-state index in [1.807, 2.05) is 20.8 Å². The van der Waals surface area contributed by atoms with Crippen LogP contribution in [-0.2, 0) is 13.3 Å². The second kappa shape index (κ2) is 12.1. The first-order valence-corrected chi connectivity index (χ1v) is 9.00. The summed E-state index contributed by atoms with van der Waals surface area (Å²) in [6.07, 6.45) is 2.18. The Morgan fingerprint density at radius 2 is 1.44 bits per heavy atom. The molecule has 0 saturated heterocycles. The maximum Gasteiger partial charge on any atom is 0.502 e. The van der Waals surface area contributed by atoms with Gasteiger partial charge < -0.3 is 24.3 Å². The summed E-state index contributed by atoms with van der Waals surface area (Å²) in [6, 6.07) is 0.825. The van der Waals surface area contributed by atoms with Gasteiger partial charge in [-0.3, -0.25) is 0 Å². The molecule has 0 saturated carbocycles. The van der Waals surface area contributed by atoms with E-state index >= 15 is 0 Å². The van der Waals surface area contributed by atoms with E-state index in [0.29, 0.717) is 19.8 Å². The number of rotatable bonds is 13. The molecule has 0 unspecified atom stereocenters. The summed E-state index contributed by atoms with van der Waals surface area (Å²) < 4.78 is 17.3. The summed E-state index contributed by atoms with van der Waals surface area (Å²) in [4.78, 5) is 0. The zero-order chi connectivity index (χ0) is 13.7. The van der Waals surface area contributed by atoms with Gasteiger partial charge in [-0.05, 0) is 53.2 Å². The summed E-state index contributed by atoms with van der Waals surface area (Å²) in [5, 5.41) is 3.39.